The van der Waals surface area contributed by atoms with Gasteiger partial charge < -0.3 is 5.32 Å². The SMILES string of the molecule is FC1(c2cccnc2)C=CC(Cl)=CN1. The Morgan fingerprint density at radius 2 is 2.36 bits per heavy atom. The Morgan fingerprint density at radius 3 is 2.93 bits per heavy atom. The molecule has 0 spiro atoms. The van der Waals surface area contributed by atoms with Crippen LogP contribution >= 0.6 is 11.6 Å². The number of hydrogen-bond acceptors (Lipinski definition) is 2. The van der Waals surface area contributed by atoms with Crippen LogP contribution in [0.1, 0.15) is 5.56 Å². The quantitative estimate of drug-likeness (QED) is 0.721. The molecular weight excluding hydrogens is 203 g/mol. The zero-order valence-corrected chi connectivity index (χ0v) is 8.00. The van der Waals surface area contributed by atoms with E-state index in [1.165, 1.54) is 24.5 Å². The number of nitrogens with zero attached hydrogens (tertiary/aromatic N) is 1. The van der Waals surface area contributed by atoms with Gasteiger partial charge in [-0.05, 0) is 18.2 Å². The van der Waals surface area contributed by atoms with E-state index in [1.807, 2.05) is 0 Å². The van der Waals surface area contributed by atoms with Crippen LogP contribution in [0.15, 0.2) is 47.9 Å². The standard InChI is InChI=1S/C10H8ClFN2/c11-9-3-4-10(12,14-7-9)8-2-1-5-13-6-8/h1-7,14H. The highest BCUT2D eigenvalue weighted by Gasteiger charge is 2.29. The maximum absolute atomic E-state index is 14.1. The first-order chi connectivity index (χ1) is 6.71. The normalized spacial score (nSPS) is 25.4. The second kappa shape index (κ2) is 3.42. The van der Waals surface area contributed by atoms with Crippen LogP contribution in [0.4, 0.5) is 4.39 Å². The van der Waals surface area contributed by atoms with Crippen LogP contribution in [0.2, 0.25) is 0 Å². The number of nitrogens with one attached hydrogen (secondary N) is 1. The molecule has 0 aliphatic carbocycles. The van der Waals surface area contributed by atoms with Gasteiger partial charge in [-0.15, -0.1) is 0 Å². The van der Waals surface area contributed by atoms with Crippen LogP contribution in [-0.4, -0.2) is 4.98 Å². The molecule has 0 radical (unpaired) electrons. The van der Waals surface area contributed by atoms with Gasteiger partial charge in [0, 0.05) is 24.2 Å². The van der Waals surface area contributed by atoms with Gasteiger partial charge in [-0.2, -0.15) is 0 Å². The summed E-state index contributed by atoms with van der Waals surface area (Å²) in [5.41, 5.74) is 0.455. The van der Waals surface area contributed by atoms with Gasteiger partial charge in [0.05, 0.1) is 5.03 Å². The molecule has 1 aromatic heterocycles. The lowest BCUT2D eigenvalue weighted by Crippen LogP contribution is -2.34. The summed E-state index contributed by atoms with van der Waals surface area (Å²) in [5.74, 6) is -1.70. The monoisotopic (exact) mass is 210 g/mol. The van der Waals surface area contributed by atoms with E-state index in [9.17, 15) is 4.39 Å². The highest BCUT2D eigenvalue weighted by atomic mass is 35.5. The van der Waals surface area contributed by atoms with Crippen molar-refractivity contribution in [2.75, 3.05) is 0 Å². The molecule has 1 aromatic rings. The van der Waals surface area contributed by atoms with Crippen LogP contribution < -0.4 is 5.32 Å². The molecule has 1 N–H and O–H groups in total. The summed E-state index contributed by atoms with van der Waals surface area (Å²) in [6.45, 7) is 0. The Balaban J connectivity index is 2.32. The average molecular weight is 211 g/mol. The zero-order valence-electron chi connectivity index (χ0n) is 7.24. The molecule has 0 bridgehead atoms. The van der Waals surface area contributed by atoms with Crippen molar-refractivity contribution in [1.82, 2.24) is 10.3 Å². The van der Waals surface area contributed by atoms with Crippen LogP contribution in [0.5, 0.6) is 0 Å². The molecule has 1 aliphatic rings. The molecule has 2 heterocycles. The molecule has 1 aliphatic heterocycles. The van der Waals surface area contributed by atoms with Gasteiger partial charge in [0.1, 0.15) is 0 Å². The molecule has 0 saturated heterocycles. The summed E-state index contributed by atoms with van der Waals surface area (Å²) in [5, 5.41) is 3.05. The average Bonchev–Trinajstić information content (AvgIpc) is 2.24. The number of aromatic nitrogens is 1. The smallest absolute Gasteiger partial charge is 0.226 e. The van der Waals surface area contributed by atoms with Crippen molar-refractivity contribution in [2.45, 2.75) is 5.79 Å². The van der Waals surface area contributed by atoms with Gasteiger partial charge in [0.2, 0.25) is 5.79 Å². The second-order valence-electron chi connectivity index (χ2n) is 2.96. The Labute approximate surface area is 86.1 Å². The summed E-state index contributed by atoms with van der Waals surface area (Å²) in [6, 6.07) is 3.35. The van der Waals surface area contributed by atoms with Crippen molar-refractivity contribution in [2.24, 2.45) is 0 Å². The molecule has 72 valence electrons. The summed E-state index contributed by atoms with van der Waals surface area (Å²) in [4.78, 5) is 3.86. The fourth-order valence-corrected chi connectivity index (χ4v) is 1.34. The third kappa shape index (κ3) is 1.63. The van der Waals surface area contributed by atoms with Gasteiger partial charge in [0.25, 0.3) is 0 Å². The van der Waals surface area contributed by atoms with E-state index >= 15 is 0 Å². The highest BCUT2D eigenvalue weighted by molar-refractivity contribution is 6.31. The molecule has 0 aromatic carbocycles. The first-order valence-electron chi connectivity index (χ1n) is 4.13. The van der Waals surface area contributed by atoms with E-state index in [2.05, 4.69) is 10.3 Å². The van der Waals surface area contributed by atoms with Crippen molar-refractivity contribution in [3.05, 3.63) is 53.5 Å². The number of halogens is 2. The molecule has 14 heavy (non-hydrogen) atoms. The molecule has 4 heteroatoms. The second-order valence-corrected chi connectivity index (χ2v) is 3.40. The number of dihydropyridines is 1. The maximum Gasteiger partial charge on any atom is 0.226 e. The Kier molecular flexibility index (Phi) is 2.25. The van der Waals surface area contributed by atoms with Gasteiger partial charge >= 0.3 is 0 Å². The molecule has 1 atom stereocenters. The summed E-state index contributed by atoms with van der Waals surface area (Å²) in [6.07, 6.45) is 7.39. The number of rotatable bonds is 1. The third-order valence-electron chi connectivity index (χ3n) is 1.97. The predicted molar refractivity (Wildman–Crippen MR) is 53.2 cm³/mol. The molecule has 0 amide bonds. The van der Waals surface area contributed by atoms with Crippen LogP contribution in [0, 0.1) is 0 Å². The van der Waals surface area contributed by atoms with Gasteiger partial charge in [-0.1, -0.05) is 17.7 Å². The lowest BCUT2D eigenvalue weighted by molar-refractivity contribution is 0.199. The number of allylic oxidation sites excluding steroid dienone is 2. The van der Waals surface area contributed by atoms with E-state index in [0.29, 0.717) is 10.6 Å². The largest absolute Gasteiger partial charge is 0.351 e. The lowest BCUT2D eigenvalue weighted by Gasteiger charge is -2.24. The van der Waals surface area contributed by atoms with Crippen LogP contribution in [0.3, 0.4) is 0 Å². The van der Waals surface area contributed by atoms with Gasteiger partial charge in [-0.25, -0.2) is 4.39 Å². The minimum atomic E-state index is -1.70. The molecular formula is C10H8ClFN2. The van der Waals surface area contributed by atoms with E-state index in [0.717, 1.165) is 0 Å². The Hall–Kier alpha value is -1.35. The first-order valence-corrected chi connectivity index (χ1v) is 4.50. The highest BCUT2D eigenvalue weighted by Crippen LogP contribution is 2.27. The minimum absolute atomic E-state index is 0.455. The van der Waals surface area contributed by atoms with E-state index in [4.69, 9.17) is 11.6 Å². The summed E-state index contributed by atoms with van der Waals surface area (Å²) >= 11 is 5.66. The van der Waals surface area contributed by atoms with Crippen molar-refractivity contribution < 1.29 is 4.39 Å². The van der Waals surface area contributed by atoms with Gasteiger partial charge in [-0.3, -0.25) is 4.98 Å². The van der Waals surface area contributed by atoms with Crippen molar-refractivity contribution in [3.8, 4) is 0 Å². The topological polar surface area (TPSA) is 24.9 Å². The molecule has 2 nitrogen and oxygen atoms in total. The van der Waals surface area contributed by atoms with Crippen molar-refractivity contribution in [3.63, 3.8) is 0 Å². The fraction of sp³-hybridized carbons (Fsp3) is 0.100. The molecule has 1 unspecified atom stereocenters. The molecule has 0 saturated carbocycles. The number of pyridine rings is 1. The van der Waals surface area contributed by atoms with E-state index < -0.39 is 5.79 Å². The van der Waals surface area contributed by atoms with Crippen molar-refractivity contribution in [1.29, 1.82) is 0 Å². The Morgan fingerprint density at radius 1 is 1.50 bits per heavy atom. The number of alkyl halides is 1. The first kappa shape index (κ1) is 9.21. The van der Waals surface area contributed by atoms with Crippen molar-refractivity contribution >= 4 is 11.6 Å². The predicted octanol–water partition coefficient (Wildman–Crippen LogP) is 2.44. The zero-order chi connectivity index (χ0) is 10.0. The lowest BCUT2D eigenvalue weighted by atomic mass is 10.0. The third-order valence-corrected chi connectivity index (χ3v) is 2.21. The van der Waals surface area contributed by atoms with Crippen LogP contribution in [-0.2, 0) is 5.79 Å². The van der Waals surface area contributed by atoms with Crippen LogP contribution in [0.25, 0.3) is 0 Å². The van der Waals surface area contributed by atoms with E-state index in [1.54, 1.807) is 18.3 Å². The summed E-state index contributed by atoms with van der Waals surface area (Å²) < 4.78 is 14.1. The van der Waals surface area contributed by atoms with Gasteiger partial charge in [0.15, 0.2) is 0 Å². The van der Waals surface area contributed by atoms with E-state index in [-0.39, 0.29) is 0 Å². The number of hydrogen-bond donors (Lipinski definition) is 1. The minimum Gasteiger partial charge on any atom is -0.351 e. The molecule has 2 rings (SSSR count). The Bertz CT molecular complexity index is 388. The molecule has 0 fully saturated rings. The maximum atomic E-state index is 14.1. The fourth-order valence-electron chi connectivity index (χ4n) is 1.22. The summed E-state index contributed by atoms with van der Waals surface area (Å²) in [7, 11) is 0.